The number of carbonyl (C=O) groups excluding carboxylic acids is 2. The Bertz CT molecular complexity index is 999. The molecule has 31 heavy (non-hydrogen) atoms. The predicted molar refractivity (Wildman–Crippen MR) is 121 cm³/mol. The van der Waals surface area contributed by atoms with E-state index in [1.165, 1.54) is 35.4 Å². The van der Waals surface area contributed by atoms with Gasteiger partial charge in [-0.3, -0.25) is 9.59 Å². The highest BCUT2D eigenvalue weighted by Gasteiger charge is 2.26. The number of hydrogen-bond acceptors (Lipinski definition) is 4. The number of halogens is 1. The average Bonchev–Trinajstić information content (AvgIpc) is 2.76. The molecule has 168 valence electrons. The van der Waals surface area contributed by atoms with E-state index in [0.717, 1.165) is 5.56 Å². The molecule has 0 aliphatic heterocycles. The highest BCUT2D eigenvalue weighted by Crippen LogP contribution is 2.17. The molecule has 2 aromatic rings. The predicted octanol–water partition coefficient (Wildman–Crippen LogP) is 2.90. The van der Waals surface area contributed by atoms with Crippen molar-refractivity contribution in [2.45, 2.75) is 37.2 Å². The number of rotatable bonds is 10. The number of nitrogens with zero attached hydrogens (tertiary/aromatic N) is 2. The van der Waals surface area contributed by atoms with Gasteiger partial charge in [0, 0.05) is 38.6 Å². The van der Waals surface area contributed by atoms with Gasteiger partial charge in [0.2, 0.25) is 21.8 Å². The second kappa shape index (κ2) is 11.3. The largest absolute Gasteiger partial charge is 0.357 e. The lowest BCUT2D eigenvalue weighted by Crippen LogP contribution is -2.46. The molecule has 9 heteroatoms. The zero-order valence-corrected chi connectivity index (χ0v) is 19.5. The Hall–Kier alpha value is -2.42. The topological polar surface area (TPSA) is 86.8 Å². The lowest BCUT2D eigenvalue weighted by Gasteiger charge is -2.28. The summed E-state index contributed by atoms with van der Waals surface area (Å²) in [6, 6.07) is 14.6. The van der Waals surface area contributed by atoms with Crippen molar-refractivity contribution in [1.82, 2.24) is 14.5 Å². The highest BCUT2D eigenvalue weighted by molar-refractivity contribution is 7.89. The van der Waals surface area contributed by atoms with Crippen molar-refractivity contribution < 1.29 is 18.0 Å². The first-order valence-corrected chi connectivity index (χ1v) is 11.8. The summed E-state index contributed by atoms with van der Waals surface area (Å²) in [5.74, 6) is -0.513. The van der Waals surface area contributed by atoms with Crippen molar-refractivity contribution in [3.63, 3.8) is 0 Å². The molecule has 2 aromatic carbocycles. The van der Waals surface area contributed by atoms with Crippen molar-refractivity contribution in [2.75, 3.05) is 20.6 Å². The van der Waals surface area contributed by atoms with E-state index in [2.05, 4.69) is 5.32 Å². The second-order valence-corrected chi connectivity index (χ2v) is 9.67. The van der Waals surface area contributed by atoms with Gasteiger partial charge >= 0.3 is 0 Å². The summed E-state index contributed by atoms with van der Waals surface area (Å²) < 4.78 is 26.5. The molecule has 1 atom stereocenters. The number of nitrogens with one attached hydrogen (secondary N) is 1. The molecule has 0 aliphatic rings. The Kier molecular flexibility index (Phi) is 9.03. The first-order chi connectivity index (χ1) is 14.7. The summed E-state index contributed by atoms with van der Waals surface area (Å²) in [4.78, 5) is 26.8. The second-order valence-electron chi connectivity index (χ2n) is 7.18. The number of sulfonamides is 1. The molecular formula is C22H28ClN3O4S. The van der Waals surface area contributed by atoms with Crippen molar-refractivity contribution in [2.24, 2.45) is 0 Å². The monoisotopic (exact) mass is 465 g/mol. The van der Waals surface area contributed by atoms with E-state index in [9.17, 15) is 18.0 Å². The van der Waals surface area contributed by atoms with Gasteiger partial charge in [-0.2, -0.15) is 0 Å². The minimum Gasteiger partial charge on any atom is -0.357 e. The van der Waals surface area contributed by atoms with Gasteiger partial charge < -0.3 is 10.2 Å². The maximum absolute atomic E-state index is 12.9. The lowest BCUT2D eigenvalue weighted by atomic mass is 10.1. The molecule has 1 N–H and O–H groups in total. The number of carbonyl (C=O) groups is 2. The van der Waals surface area contributed by atoms with Gasteiger partial charge in [0.25, 0.3) is 0 Å². The van der Waals surface area contributed by atoms with Crippen molar-refractivity contribution in [1.29, 1.82) is 0 Å². The number of amides is 2. The van der Waals surface area contributed by atoms with Crippen molar-refractivity contribution >= 4 is 33.4 Å². The summed E-state index contributed by atoms with van der Waals surface area (Å²) in [5.41, 5.74) is 0.806. The van der Waals surface area contributed by atoms with Gasteiger partial charge in [-0.15, -0.1) is 0 Å². The first-order valence-electron chi connectivity index (χ1n) is 9.93. The summed E-state index contributed by atoms with van der Waals surface area (Å²) in [5, 5.41) is 3.11. The fourth-order valence-electron chi connectivity index (χ4n) is 3.11. The maximum Gasteiger partial charge on any atom is 0.242 e. The van der Waals surface area contributed by atoms with E-state index < -0.39 is 16.1 Å². The standard InChI is InChI=1S/C22H28ClN3O4S/c1-17(22(28)24-2)26(16-18-9-7-10-19(23)15-18)21(27)13-8-14-25(3)31(29,30)20-11-5-4-6-12-20/h4-7,9-12,15,17H,8,13-14,16H2,1-3H3,(H,24,28). The maximum atomic E-state index is 12.9. The van der Waals surface area contributed by atoms with Gasteiger partial charge in [-0.1, -0.05) is 41.9 Å². The van der Waals surface area contributed by atoms with Crippen LogP contribution in [-0.2, 0) is 26.2 Å². The molecule has 0 heterocycles. The fourth-order valence-corrected chi connectivity index (χ4v) is 4.56. The molecule has 1 unspecified atom stereocenters. The molecule has 0 spiro atoms. The Morgan fingerprint density at radius 2 is 1.77 bits per heavy atom. The normalized spacial score (nSPS) is 12.4. The zero-order chi connectivity index (χ0) is 23.0. The Morgan fingerprint density at radius 3 is 2.39 bits per heavy atom. The number of likely N-dealkylation sites (N-methyl/N-ethyl adjacent to an activating group) is 1. The third-order valence-corrected chi connectivity index (χ3v) is 7.08. The molecule has 0 fully saturated rings. The molecule has 0 radical (unpaired) electrons. The third kappa shape index (κ3) is 6.78. The molecule has 0 aromatic heterocycles. The third-order valence-electron chi connectivity index (χ3n) is 4.97. The van der Waals surface area contributed by atoms with Crippen LogP contribution < -0.4 is 5.32 Å². The Balaban J connectivity index is 2.05. The number of hydrogen-bond donors (Lipinski definition) is 1. The first kappa shape index (κ1) is 24.8. The SMILES string of the molecule is CNC(=O)C(C)N(Cc1cccc(Cl)c1)C(=O)CCCN(C)S(=O)(=O)c1ccccc1. The van der Waals surface area contributed by atoms with Crippen LogP contribution in [0.15, 0.2) is 59.5 Å². The Labute approximate surface area is 189 Å². The quantitative estimate of drug-likeness (QED) is 0.584. The lowest BCUT2D eigenvalue weighted by molar-refractivity contribution is -0.140. The van der Waals surface area contributed by atoms with Gasteiger partial charge in [0.1, 0.15) is 6.04 Å². The van der Waals surface area contributed by atoms with Crippen LogP contribution in [-0.4, -0.2) is 56.1 Å². The van der Waals surface area contributed by atoms with Crippen LogP contribution in [0.4, 0.5) is 0 Å². The summed E-state index contributed by atoms with van der Waals surface area (Å²) >= 11 is 6.04. The molecular weight excluding hydrogens is 438 g/mol. The van der Waals surface area contributed by atoms with E-state index in [-0.39, 0.29) is 36.2 Å². The number of benzene rings is 2. The molecule has 0 saturated carbocycles. The molecule has 2 amide bonds. The minimum absolute atomic E-state index is 0.108. The van der Waals surface area contributed by atoms with Crippen LogP contribution in [0.25, 0.3) is 0 Å². The van der Waals surface area contributed by atoms with Gasteiger partial charge in [0.05, 0.1) is 4.90 Å². The average molecular weight is 466 g/mol. The molecule has 0 bridgehead atoms. The smallest absolute Gasteiger partial charge is 0.242 e. The summed E-state index contributed by atoms with van der Waals surface area (Å²) in [7, 11) is -0.607. The van der Waals surface area contributed by atoms with Crippen LogP contribution in [0.5, 0.6) is 0 Å². The van der Waals surface area contributed by atoms with Crippen molar-refractivity contribution in [3.05, 3.63) is 65.2 Å². The van der Waals surface area contributed by atoms with Gasteiger partial charge in [-0.25, -0.2) is 12.7 Å². The van der Waals surface area contributed by atoms with Crippen LogP contribution >= 0.6 is 11.6 Å². The minimum atomic E-state index is -3.61. The van der Waals surface area contributed by atoms with Gasteiger partial charge in [-0.05, 0) is 43.2 Å². The molecule has 0 aliphatic carbocycles. The van der Waals surface area contributed by atoms with E-state index in [4.69, 9.17) is 11.6 Å². The summed E-state index contributed by atoms with van der Waals surface area (Å²) in [6.45, 7) is 2.07. The molecule has 0 saturated heterocycles. The molecule has 2 rings (SSSR count). The van der Waals surface area contributed by atoms with Crippen LogP contribution in [0, 0.1) is 0 Å². The zero-order valence-electron chi connectivity index (χ0n) is 17.9. The van der Waals surface area contributed by atoms with Gasteiger partial charge in [0.15, 0.2) is 0 Å². The summed E-state index contributed by atoms with van der Waals surface area (Å²) in [6.07, 6.45) is 0.435. The van der Waals surface area contributed by atoms with Crippen LogP contribution in [0.2, 0.25) is 5.02 Å². The van der Waals surface area contributed by atoms with Crippen molar-refractivity contribution in [3.8, 4) is 0 Å². The van der Waals surface area contributed by atoms with E-state index in [0.29, 0.717) is 11.4 Å². The van der Waals surface area contributed by atoms with E-state index in [1.54, 1.807) is 43.3 Å². The highest BCUT2D eigenvalue weighted by atomic mass is 35.5. The van der Waals surface area contributed by atoms with E-state index >= 15 is 0 Å². The van der Waals surface area contributed by atoms with E-state index in [1.807, 2.05) is 6.07 Å². The van der Waals surface area contributed by atoms with Crippen LogP contribution in [0.3, 0.4) is 0 Å². The Morgan fingerprint density at radius 1 is 1.10 bits per heavy atom. The van der Waals surface area contributed by atoms with Crippen LogP contribution in [0.1, 0.15) is 25.3 Å². The fraction of sp³-hybridized carbons (Fsp3) is 0.364. The molecule has 7 nitrogen and oxygen atoms in total.